The summed E-state index contributed by atoms with van der Waals surface area (Å²) in [7, 11) is 3.26. The van der Waals surface area contributed by atoms with Gasteiger partial charge in [0.2, 0.25) is 5.95 Å². The predicted molar refractivity (Wildman–Crippen MR) is 118 cm³/mol. The summed E-state index contributed by atoms with van der Waals surface area (Å²) in [5.74, 6) is 2.76. The molecule has 156 valence electrons. The van der Waals surface area contributed by atoms with Gasteiger partial charge in [0.05, 0.1) is 33.1 Å². The minimum absolute atomic E-state index is 0.662. The second-order valence-corrected chi connectivity index (χ2v) is 7.10. The van der Waals surface area contributed by atoms with Gasteiger partial charge in [-0.05, 0) is 37.3 Å². The molecule has 7 nitrogen and oxygen atoms in total. The molecule has 0 aliphatic carbocycles. The third-order valence-electron chi connectivity index (χ3n) is 5.01. The molecule has 7 heteroatoms. The van der Waals surface area contributed by atoms with Crippen LogP contribution in [0.2, 0.25) is 0 Å². The molecule has 0 radical (unpaired) electrons. The van der Waals surface area contributed by atoms with Crippen LogP contribution in [0, 0.1) is 6.92 Å². The first-order valence-corrected chi connectivity index (χ1v) is 9.94. The standard InChI is InChI=1S/C23H26N4O3/c1-16-4-7-18(8-5-16)24-22-15-19(17-6-9-20(28-2)21(14-17)29-3)25-23(26-22)27-10-12-30-13-11-27/h4-9,14-15H,10-13H2,1-3H3,(H,24,25,26). The largest absolute Gasteiger partial charge is 0.493 e. The molecular weight excluding hydrogens is 380 g/mol. The molecule has 0 spiro atoms. The van der Waals surface area contributed by atoms with Gasteiger partial charge in [0.15, 0.2) is 11.5 Å². The number of benzene rings is 2. The molecule has 1 aliphatic rings. The molecule has 4 rings (SSSR count). The summed E-state index contributed by atoms with van der Waals surface area (Å²) >= 11 is 0. The number of nitrogens with one attached hydrogen (secondary N) is 1. The number of morpholine rings is 1. The fourth-order valence-electron chi connectivity index (χ4n) is 3.33. The Morgan fingerprint density at radius 2 is 1.63 bits per heavy atom. The molecule has 1 aromatic heterocycles. The zero-order valence-corrected chi connectivity index (χ0v) is 17.5. The van der Waals surface area contributed by atoms with E-state index in [4.69, 9.17) is 24.2 Å². The highest BCUT2D eigenvalue weighted by atomic mass is 16.5. The summed E-state index contributed by atoms with van der Waals surface area (Å²) in [6, 6.07) is 16.0. The average molecular weight is 406 g/mol. The van der Waals surface area contributed by atoms with Gasteiger partial charge < -0.3 is 24.4 Å². The first kappa shape index (κ1) is 20.0. The molecule has 0 unspecified atom stereocenters. The Morgan fingerprint density at radius 1 is 0.900 bits per heavy atom. The highest BCUT2D eigenvalue weighted by Crippen LogP contribution is 2.33. The van der Waals surface area contributed by atoms with Crippen LogP contribution in [0.25, 0.3) is 11.3 Å². The molecule has 1 fully saturated rings. The summed E-state index contributed by atoms with van der Waals surface area (Å²) in [5.41, 5.74) is 3.92. The number of anilines is 3. The van der Waals surface area contributed by atoms with E-state index < -0.39 is 0 Å². The van der Waals surface area contributed by atoms with Crippen molar-refractivity contribution in [2.24, 2.45) is 0 Å². The Morgan fingerprint density at radius 3 is 2.33 bits per heavy atom. The van der Waals surface area contributed by atoms with Gasteiger partial charge in [0, 0.05) is 30.4 Å². The van der Waals surface area contributed by atoms with E-state index in [0.29, 0.717) is 30.7 Å². The lowest BCUT2D eigenvalue weighted by atomic mass is 10.1. The van der Waals surface area contributed by atoms with Gasteiger partial charge in [-0.3, -0.25) is 0 Å². The molecule has 2 aromatic carbocycles. The van der Waals surface area contributed by atoms with Crippen molar-refractivity contribution in [3.63, 3.8) is 0 Å². The highest BCUT2D eigenvalue weighted by Gasteiger charge is 2.17. The van der Waals surface area contributed by atoms with Crippen molar-refractivity contribution in [3.8, 4) is 22.8 Å². The molecule has 0 atom stereocenters. The summed E-state index contributed by atoms with van der Waals surface area (Å²) in [4.78, 5) is 11.8. The summed E-state index contributed by atoms with van der Waals surface area (Å²) in [6.45, 7) is 4.94. The van der Waals surface area contributed by atoms with Crippen LogP contribution in [0.15, 0.2) is 48.5 Å². The number of methoxy groups -OCH3 is 2. The zero-order chi connectivity index (χ0) is 20.9. The predicted octanol–water partition coefficient (Wildman–Crippen LogP) is 4.05. The maximum atomic E-state index is 5.49. The Hall–Kier alpha value is -3.32. The normalized spacial score (nSPS) is 13.8. The molecule has 1 saturated heterocycles. The van der Waals surface area contributed by atoms with Gasteiger partial charge in [-0.15, -0.1) is 0 Å². The summed E-state index contributed by atoms with van der Waals surface area (Å²) in [5, 5.41) is 3.41. The number of aryl methyl sites for hydroxylation is 1. The van der Waals surface area contributed by atoms with Gasteiger partial charge >= 0.3 is 0 Å². The van der Waals surface area contributed by atoms with Crippen molar-refractivity contribution in [3.05, 3.63) is 54.1 Å². The molecular formula is C23H26N4O3. The van der Waals surface area contributed by atoms with Crippen LogP contribution < -0.4 is 19.7 Å². The molecule has 30 heavy (non-hydrogen) atoms. The first-order valence-electron chi connectivity index (χ1n) is 9.94. The van der Waals surface area contributed by atoms with Crippen molar-refractivity contribution in [2.45, 2.75) is 6.92 Å². The zero-order valence-electron chi connectivity index (χ0n) is 17.5. The quantitative estimate of drug-likeness (QED) is 0.662. The maximum absolute atomic E-state index is 5.49. The van der Waals surface area contributed by atoms with E-state index in [9.17, 15) is 0 Å². The maximum Gasteiger partial charge on any atom is 0.228 e. The van der Waals surface area contributed by atoms with E-state index in [0.717, 1.165) is 35.9 Å². The fourth-order valence-corrected chi connectivity index (χ4v) is 3.33. The highest BCUT2D eigenvalue weighted by molar-refractivity contribution is 5.70. The third-order valence-corrected chi connectivity index (χ3v) is 5.01. The van der Waals surface area contributed by atoms with Crippen LogP contribution in [0.1, 0.15) is 5.56 Å². The summed E-state index contributed by atoms with van der Waals surface area (Å²) < 4.78 is 16.3. The van der Waals surface area contributed by atoms with Crippen molar-refractivity contribution in [1.29, 1.82) is 0 Å². The SMILES string of the molecule is COc1ccc(-c2cc(Nc3ccc(C)cc3)nc(N3CCOCC3)n2)cc1OC. The van der Waals surface area contributed by atoms with Crippen LogP contribution in [-0.4, -0.2) is 50.5 Å². The van der Waals surface area contributed by atoms with Crippen molar-refractivity contribution in [1.82, 2.24) is 9.97 Å². The lowest BCUT2D eigenvalue weighted by Gasteiger charge is -2.27. The first-order chi connectivity index (χ1) is 14.7. The minimum atomic E-state index is 0.662. The fraction of sp³-hybridized carbons (Fsp3) is 0.304. The molecule has 1 N–H and O–H groups in total. The molecule has 0 saturated carbocycles. The van der Waals surface area contributed by atoms with Gasteiger partial charge in [-0.25, -0.2) is 4.98 Å². The van der Waals surface area contributed by atoms with E-state index in [-0.39, 0.29) is 0 Å². The molecule has 0 amide bonds. The van der Waals surface area contributed by atoms with Crippen LogP contribution in [0.3, 0.4) is 0 Å². The Labute approximate surface area is 176 Å². The smallest absolute Gasteiger partial charge is 0.228 e. The molecule has 0 bridgehead atoms. The molecule has 2 heterocycles. The summed E-state index contributed by atoms with van der Waals surface area (Å²) in [6.07, 6.45) is 0. The van der Waals surface area contributed by atoms with Gasteiger partial charge in [0.1, 0.15) is 5.82 Å². The molecule has 1 aliphatic heterocycles. The van der Waals surface area contributed by atoms with Crippen molar-refractivity contribution in [2.75, 3.05) is 50.7 Å². The number of ether oxygens (including phenoxy) is 3. The van der Waals surface area contributed by atoms with Gasteiger partial charge in [-0.2, -0.15) is 4.98 Å². The average Bonchev–Trinajstić information content (AvgIpc) is 2.80. The Bertz CT molecular complexity index is 1000. The number of rotatable bonds is 6. The minimum Gasteiger partial charge on any atom is -0.493 e. The molecule has 3 aromatic rings. The number of hydrogen-bond donors (Lipinski definition) is 1. The third kappa shape index (κ3) is 4.46. The van der Waals surface area contributed by atoms with Gasteiger partial charge in [0.25, 0.3) is 0 Å². The van der Waals surface area contributed by atoms with Crippen LogP contribution in [-0.2, 0) is 4.74 Å². The lowest BCUT2D eigenvalue weighted by Crippen LogP contribution is -2.37. The van der Waals surface area contributed by atoms with Crippen LogP contribution in [0.4, 0.5) is 17.5 Å². The number of nitrogens with zero attached hydrogens (tertiary/aromatic N) is 3. The van der Waals surface area contributed by atoms with Crippen molar-refractivity contribution >= 4 is 17.5 Å². The monoisotopic (exact) mass is 406 g/mol. The number of aromatic nitrogens is 2. The van der Waals surface area contributed by atoms with Gasteiger partial charge in [-0.1, -0.05) is 17.7 Å². The second-order valence-electron chi connectivity index (χ2n) is 7.10. The lowest BCUT2D eigenvalue weighted by molar-refractivity contribution is 0.122. The van der Waals surface area contributed by atoms with E-state index in [1.165, 1.54) is 5.56 Å². The second kappa shape index (κ2) is 9.00. The topological polar surface area (TPSA) is 68.7 Å². The van der Waals surface area contributed by atoms with Crippen LogP contribution in [0.5, 0.6) is 11.5 Å². The Kier molecular flexibility index (Phi) is 5.99. The van der Waals surface area contributed by atoms with Crippen molar-refractivity contribution < 1.29 is 14.2 Å². The Balaban J connectivity index is 1.74. The van der Waals surface area contributed by atoms with Crippen LogP contribution >= 0.6 is 0 Å². The number of hydrogen-bond acceptors (Lipinski definition) is 7. The van der Waals surface area contributed by atoms with E-state index in [1.54, 1.807) is 14.2 Å². The van der Waals surface area contributed by atoms with E-state index in [2.05, 4.69) is 29.3 Å². The van der Waals surface area contributed by atoms with E-state index in [1.807, 2.05) is 36.4 Å². The van der Waals surface area contributed by atoms with E-state index >= 15 is 0 Å².